The molecular weight excluding hydrogens is 304 g/mol. The minimum Gasteiger partial charge on any atom is -0.343 e. The summed E-state index contributed by atoms with van der Waals surface area (Å²) in [5.41, 5.74) is 0.990. The van der Waals surface area contributed by atoms with Crippen molar-refractivity contribution in [2.24, 2.45) is 0 Å². The lowest BCUT2D eigenvalue weighted by atomic mass is 9.88. The molecule has 0 aliphatic carbocycles. The van der Waals surface area contributed by atoms with Gasteiger partial charge in [0, 0.05) is 50.4 Å². The monoisotopic (exact) mass is 330 g/mol. The Morgan fingerprint density at radius 1 is 1.21 bits per heavy atom. The Balaban J connectivity index is 1.57. The molecule has 2 fully saturated rings. The van der Waals surface area contributed by atoms with E-state index in [0.717, 1.165) is 50.9 Å². The van der Waals surface area contributed by atoms with E-state index < -0.39 is 0 Å². The molecular formula is C18H26N4O2. The predicted molar refractivity (Wildman–Crippen MR) is 90.1 cm³/mol. The van der Waals surface area contributed by atoms with Crippen LogP contribution in [0.2, 0.25) is 0 Å². The molecule has 130 valence electrons. The molecule has 0 bridgehead atoms. The van der Waals surface area contributed by atoms with Gasteiger partial charge in [-0.15, -0.1) is 0 Å². The quantitative estimate of drug-likeness (QED) is 0.844. The number of carbonyl (C=O) groups is 2. The van der Waals surface area contributed by atoms with Crippen molar-refractivity contribution in [3.05, 3.63) is 24.3 Å². The van der Waals surface area contributed by atoms with Gasteiger partial charge in [-0.3, -0.25) is 9.59 Å². The number of likely N-dealkylation sites (tertiary alicyclic amines) is 2. The van der Waals surface area contributed by atoms with Gasteiger partial charge in [0.05, 0.1) is 0 Å². The molecule has 1 spiro atoms. The molecule has 1 aromatic rings. The lowest BCUT2D eigenvalue weighted by molar-refractivity contribution is -0.131. The fraction of sp³-hybridized carbons (Fsp3) is 0.667. The van der Waals surface area contributed by atoms with Crippen molar-refractivity contribution in [2.75, 3.05) is 19.6 Å². The van der Waals surface area contributed by atoms with E-state index in [2.05, 4.69) is 21.8 Å². The van der Waals surface area contributed by atoms with E-state index in [-0.39, 0.29) is 17.4 Å². The lowest BCUT2D eigenvalue weighted by Gasteiger charge is -2.37. The van der Waals surface area contributed by atoms with Gasteiger partial charge >= 0.3 is 0 Å². The van der Waals surface area contributed by atoms with Crippen LogP contribution in [0.5, 0.6) is 0 Å². The van der Waals surface area contributed by atoms with Crippen molar-refractivity contribution in [1.82, 2.24) is 19.8 Å². The summed E-state index contributed by atoms with van der Waals surface area (Å²) in [6.45, 7) is 4.40. The second kappa shape index (κ2) is 7.28. The number of aryl methyl sites for hydroxylation is 1. The third kappa shape index (κ3) is 3.42. The normalized spacial score (nSPS) is 24.5. The fourth-order valence-corrected chi connectivity index (χ4v) is 4.20. The third-order valence-corrected chi connectivity index (χ3v) is 5.51. The maximum Gasteiger partial charge on any atom is 0.223 e. The third-order valence-electron chi connectivity index (χ3n) is 5.51. The highest BCUT2D eigenvalue weighted by Crippen LogP contribution is 2.38. The molecule has 2 aliphatic rings. The van der Waals surface area contributed by atoms with Crippen molar-refractivity contribution in [3.8, 4) is 0 Å². The largest absolute Gasteiger partial charge is 0.343 e. The number of aromatic nitrogens is 2. The van der Waals surface area contributed by atoms with Crippen molar-refractivity contribution in [2.45, 2.75) is 57.4 Å². The summed E-state index contributed by atoms with van der Waals surface area (Å²) in [7, 11) is 0. The predicted octanol–water partition coefficient (Wildman–Crippen LogP) is 1.80. The molecule has 1 aromatic heterocycles. The number of hydrogen-bond donors (Lipinski definition) is 0. The first kappa shape index (κ1) is 16.9. The summed E-state index contributed by atoms with van der Waals surface area (Å²) in [6.07, 6.45) is 10.7. The standard InChI is InChI=1S/C18H26N4O2/c1-2-22-17(24)6-8-18(22)7-3-10-21(11-9-18)16(23)5-4-15-12-19-14-20-13-15/h12-14H,2-11H2,1H3. The van der Waals surface area contributed by atoms with Crippen LogP contribution in [0.1, 0.15) is 51.0 Å². The van der Waals surface area contributed by atoms with Crippen LogP contribution in [-0.4, -0.2) is 56.8 Å². The van der Waals surface area contributed by atoms with Crippen LogP contribution in [0.25, 0.3) is 0 Å². The Bertz CT molecular complexity index is 592. The van der Waals surface area contributed by atoms with Crippen molar-refractivity contribution < 1.29 is 9.59 Å². The lowest BCUT2D eigenvalue weighted by Crippen LogP contribution is -2.46. The summed E-state index contributed by atoms with van der Waals surface area (Å²) < 4.78 is 0. The van der Waals surface area contributed by atoms with Crippen molar-refractivity contribution in [1.29, 1.82) is 0 Å². The van der Waals surface area contributed by atoms with Crippen LogP contribution in [0.15, 0.2) is 18.7 Å². The SMILES string of the molecule is CCN1C(=O)CCC12CCCN(C(=O)CCc1cncnc1)CC2. The molecule has 6 heteroatoms. The molecule has 2 saturated heterocycles. The Kier molecular flexibility index (Phi) is 5.11. The minimum absolute atomic E-state index is 0.00582. The Labute approximate surface area is 143 Å². The first-order valence-electron chi connectivity index (χ1n) is 8.97. The van der Waals surface area contributed by atoms with Crippen LogP contribution in [0, 0.1) is 0 Å². The van der Waals surface area contributed by atoms with E-state index in [1.54, 1.807) is 12.4 Å². The maximum atomic E-state index is 12.5. The number of hydrogen-bond acceptors (Lipinski definition) is 4. The second-order valence-corrected chi connectivity index (χ2v) is 6.84. The van der Waals surface area contributed by atoms with Crippen LogP contribution in [0.3, 0.4) is 0 Å². The van der Waals surface area contributed by atoms with Gasteiger partial charge in [0.1, 0.15) is 6.33 Å². The van der Waals surface area contributed by atoms with Crippen molar-refractivity contribution in [3.63, 3.8) is 0 Å². The van der Waals surface area contributed by atoms with Gasteiger partial charge in [0.25, 0.3) is 0 Å². The fourth-order valence-electron chi connectivity index (χ4n) is 4.20. The Morgan fingerprint density at radius 3 is 2.75 bits per heavy atom. The average Bonchev–Trinajstić information content (AvgIpc) is 2.78. The smallest absolute Gasteiger partial charge is 0.223 e. The summed E-state index contributed by atoms with van der Waals surface area (Å²) in [5, 5.41) is 0. The van der Waals surface area contributed by atoms with Gasteiger partial charge < -0.3 is 9.80 Å². The van der Waals surface area contributed by atoms with E-state index in [9.17, 15) is 9.59 Å². The Morgan fingerprint density at radius 2 is 2.00 bits per heavy atom. The number of nitrogens with zero attached hydrogens (tertiary/aromatic N) is 4. The van der Waals surface area contributed by atoms with Crippen LogP contribution in [0.4, 0.5) is 0 Å². The van der Waals surface area contributed by atoms with Crippen LogP contribution in [-0.2, 0) is 16.0 Å². The zero-order chi connectivity index (χ0) is 17.0. The van der Waals surface area contributed by atoms with E-state index in [0.29, 0.717) is 19.3 Å². The van der Waals surface area contributed by atoms with E-state index in [1.165, 1.54) is 6.33 Å². The Hall–Kier alpha value is -1.98. The molecule has 0 radical (unpaired) electrons. The van der Waals surface area contributed by atoms with Gasteiger partial charge in [-0.1, -0.05) is 0 Å². The maximum absolute atomic E-state index is 12.5. The van der Waals surface area contributed by atoms with E-state index in [4.69, 9.17) is 0 Å². The summed E-state index contributed by atoms with van der Waals surface area (Å²) in [6, 6.07) is 0. The molecule has 0 N–H and O–H groups in total. The molecule has 3 heterocycles. The molecule has 0 aromatic carbocycles. The summed E-state index contributed by atoms with van der Waals surface area (Å²) in [4.78, 5) is 36.7. The van der Waals surface area contributed by atoms with Crippen molar-refractivity contribution >= 4 is 11.8 Å². The topological polar surface area (TPSA) is 66.4 Å². The molecule has 2 amide bonds. The zero-order valence-electron chi connectivity index (χ0n) is 14.4. The zero-order valence-corrected chi connectivity index (χ0v) is 14.4. The number of amides is 2. The van der Waals surface area contributed by atoms with E-state index in [1.807, 2.05) is 4.90 Å². The van der Waals surface area contributed by atoms with Crippen LogP contribution < -0.4 is 0 Å². The van der Waals surface area contributed by atoms with Gasteiger partial charge in [-0.25, -0.2) is 9.97 Å². The average molecular weight is 330 g/mol. The first-order chi connectivity index (χ1) is 11.6. The molecule has 1 unspecified atom stereocenters. The van der Waals surface area contributed by atoms with E-state index >= 15 is 0 Å². The molecule has 6 nitrogen and oxygen atoms in total. The molecule has 2 aliphatic heterocycles. The first-order valence-corrected chi connectivity index (χ1v) is 8.97. The van der Waals surface area contributed by atoms with Gasteiger partial charge in [0.15, 0.2) is 0 Å². The highest BCUT2D eigenvalue weighted by Gasteiger charge is 2.45. The molecule has 24 heavy (non-hydrogen) atoms. The molecule has 3 rings (SSSR count). The molecule has 1 atom stereocenters. The highest BCUT2D eigenvalue weighted by molar-refractivity contribution is 5.80. The molecule has 0 saturated carbocycles. The van der Waals surface area contributed by atoms with Gasteiger partial charge in [0.2, 0.25) is 11.8 Å². The highest BCUT2D eigenvalue weighted by atomic mass is 16.2. The number of rotatable bonds is 4. The summed E-state index contributed by atoms with van der Waals surface area (Å²) >= 11 is 0. The second-order valence-electron chi connectivity index (χ2n) is 6.84. The minimum atomic E-state index is -0.00582. The van der Waals surface area contributed by atoms with Gasteiger partial charge in [-0.2, -0.15) is 0 Å². The van der Waals surface area contributed by atoms with Crippen LogP contribution >= 0.6 is 0 Å². The van der Waals surface area contributed by atoms with Gasteiger partial charge in [-0.05, 0) is 44.6 Å². The number of carbonyl (C=O) groups excluding carboxylic acids is 2. The summed E-state index contributed by atoms with van der Waals surface area (Å²) in [5.74, 6) is 0.477.